The molecule has 16 heavy (non-hydrogen) atoms. The predicted molar refractivity (Wildman–Crippen MR) is 67.6 cm³/mol. The summed E-state index contributed by atoms with van der Waals surface area (Å²) in [6.45, 7) is 5.74. The Morgan fingerprint density at radius 3 is 2.94 bits per heavy atom. The number of benzene rings is 1. The summed E-state index contributed by atoms with van der Waals surface area (Å²) < 4.78 is 0. The van der Waals surface area contributed by atoms with Gasteiger partial charge in [0, 0.05) is 6.04 Å². The first-order chi connectivity index (χ1) is 7.83. The average Bonchev–Trinajstić information content (AvgIpc) is 2.34. The molecular formula is C15H21N. The van der Waals surface area contributed by atoms with Crippen LogP contribution in [0.15, 0.2) is 24.3 Å². The molecule has 1 fully saturated rings. The van der Waals surface area contributed by atoms with E-state index in [0.29, 0.717) is 0 Å². The summed E-state index contributed by atoms with van der Waals surface area (Å²) in [5.41, 5.74) is 3.24. The number of nitrogens with one attached hydrogen (secondary N) is 1. The van der Waals surface area contributed by atoms with Gasteiger partial charge < -0.3 is 5.32 Å². The minimum Gasteiger partial charge on any atom is -0.314 e. The quantitative estimate of drug-likeness (QED) is 0.800. The molecule has 0 aromatic heterocycles. The molecule has 1 nitrogen and oxygen atoms in total. The first-order valence-electron chi connectivity index (χ1n) is 6.64. The molecule has 0 saturated heterocycles. The van der Waals surface area contributed by atoms with Crippen LogP contribution in [0, 0.1) is 11.8 Å². The van der Waals surface area contributed by atoms with Crippen LogP contribution in [-0.2, 0) is 6.42 Å². The number of hydrogen-bond acceptors (Lipinski definition) is 1. The molecule has 0 radical (unpaired) electrons. The number of aryl methyl sites for hydroxylation is 1. The van der Waals surface area contributed by atoms with Gasteiger partial charge in [-0.25, -0.2) is 0 Å². The number of rotatable bonds is 2. The molecule has 4 atom stereocenters. The van der Waals surface area contributed by atoms with Gasteiger partial charge in [-0.2, -0.15) is 0 Å². The second kappa shape index (κ2) is 3.89. The van der Waals surface area contributed by atoms with Crippen LogP contribution in [0.4, 0.5) is 0 Å². The highest BCUT2D eigenvalue weighted by Gasteiger charge is 2.49. The van der Waals surface area contributed by atoms with Gasteiger partial charge in [-0.15, -0.1) is 0 Å². The molecule has 1 heteroatoms. The Morgan fingerprint density at radius 2 is 2.12 bits per heavy atom. The van der Waals surface area contributed by atoms with Gasteiger partial charge in [-0.05, 0) is 48.3 Å². The Balaban J connectivity index is 1.88. The molecule has 1 saturated carbocycles. The molecule has 4 unspecified atom stereocenters. The Kier molecular flexibility index (Phi) is 2.51. The third-order valence-electron chi connectivity index (χ3n) is 4.66. The van der Waals surface area contributed by atoms with Crippen molar-refractivity contribution < 1.29 is 0 Å². The maximum absolute atomic E-state index is 3.66. The zero-order valence-corrected chi connectivity index (χ0v) is 10.2. The highest BCUT2D eigenvalue weighted by atomic mass is 15.0. The molecule has 0 aliphatic heterocycles. The SMILES string of the molecule is CCNC1C(C)C2c3ccccc3CCC12. The van der Waals surface area contributed by atoms with Crippen molar-refractivity contribution in [2.75, 3.05) is 6.54 Å². The molecule has 86 valence electrons. The van der Waals surface area contributed by atoms with Crippen LogP contribution in [0.2, 0.25) is 0 Å². The van der Waals surface area contributed by atoms with E-state index in [1.165, 1.54) is 12.8 Å². The number of fused-ring (bicyclic) bond motifs is 3. The van der Waals surface area contributed by atoms with Gasteiger partial charge in [0.25, 0.3) is 0 Å². The van der Waals surface area contributed by atoms with Crippen LogP contribution in [-0.4, -0.2) is 12.6 Å². The summed E-state index contributed by atoms with van der Waals surface area (Å²) >= 11 is 0. The van der Waals surface area contributed by atoms with Crippen molar-refractivity contribution in [2.24, 2.45) is 11.8 Å². The first-order valence-corrected chi connectivity index (χ1v) is 6.64. The van der Waals surface area contributed by atoms with Gasteiger partial charge in [-0.3, -0.25) is 0 Å². The van der Waals surface area contributed by atoms with E-state index >= 15 is 0 Å². The molecule has 1 aromatic rings. The Bertz CT molecular complexity index is 385. The van der Waals surface area contributed by atoms with Crippen LogP contribution in [0.3, 0.4) is 0 Å². The van der Waals surface area contributed by atoms with E-state index in [1.54, 1.807) is 11.1 Å². The van der Waals surface area contributed by atoms with E-state index in [-0.39, 0.29) is 0 Å². The third kappa shape index (κ3) is 1.34. The van der Waals surface area contributed by atoms with Crippen molar-refractivity contribution in [1.29, 1.82) is 0 Å². The molecule has 0 spiro atoms. The van der Waals surface area contributed by atoms with E-state index in [1.807, 2.05) is 0 Å². The first kappa shape index (κ1) is 10.3. The lowest BCUT2D eigenvalue weighted by Gasteiger charge is -2.54. The Morgan fingerprint density at radius 1 is 1.31 bits per heavy atom. The van der Waals surface area contributed by atoms with Gasteiger partial charge in [0.1, 0.15) is 0 Å². The minimum absolute atomic E-state index is 0.767. The summed E-state index contributed by atoms with van der Waals surface area (Å²) in [6, 6.07) is 9.82. The molecular weight excluding hydrogens is 194 g/mol. The monoisotopic (exact) mass is 215 g/mol. The lowest BCUT2D eigenvalue weighted by atomic mass is 9.54. The molecule has 2 aliphatic carbocycles. The highest BCUT2D eigenvalue weighted by Crippen LogP contribution is 2.53. The fraction of sp³-hybridized carbons (Fsp3) is 0.600. The minimum atomic E-state index is 0.767. The van der Waals surface area contributed by atoms with E-state index in [4.69, 9.17) is 0 Å². The number of hydrogen-bond donors (Lipinski definition) is 1. The van der Waals surface area contributed by atoms with Crippen molar-refractivity contribution in [3.63, 3.8) is 0 Å². The normalized spacial score (nSPS) is 36.1. The smallest absolute Gasteiger partial charge is 0.0133 e. The Labute approximate surface area is 98.3 Å². The van der Waals surface area contributed by atoms with Gasteiger partial charge in [0.05, 0.1) is 0 Å². The molecule has 1 aromatic carbocycles. The average molecular weight is 215 g/mol. The van der Waals surface area contributed by atoms with E-state index in [0.717, 1.165) is 30.3 Å². The summed E-state index contributed by atoms with van der Waals surface area (Å²) in [6.07, 6.45) is 2.66. The summed E-state index contributed by atoms with van der Waals surface area (Å²) in [7, 11) is 0. The fourth-order valence-corrected chi connectivity index (χ4v) is 3.94. The second-order valence-corrected chi connectivity index (χ2v) is 5.37. The summed E-state index contributed by atoms with van der Waals surface area (Å²) in [5, 5.41) is 3.66. The molecule has 0 amide bonds. The van der Waals surface area contributed by atoms with Gasteiger partial charge in [0.2, 0.25) is 0 Å². The van der Waals surface area contributed by atoms with Crippen molar-refractivity contribution in [3.8, 4) is 0 Å². The van der Waals surface area contributed by atoms with E-state index in [2.05, 4.69) is 43.4 Å². The van der Waals surface area contributed by atoms with Crippen LogP contribution in [0.1, 0.15) is 37.3 Å². The zero-order chi connectivity index (χ0) is 11.1. The van der Waals surface area contributed by atoms with Crippen LogP contribution in [0.5, 0.6) is 0 Å². The zero-order valence-electron chi connectivity index (χ0n) is 10.2. The van der Waals surface area contributed by atoms with Crippen molar-refractivity contribution in [3.05, 3.63) is 35.4 Å². The molecule has 0 heterocycles. The van der Waals surface area contributed by atoms with Gasteiger partial charge >= 0.3 is 0 Å². The van der Waals surface area contributed by atoms with Crippen LogP contribution >= 0.6 is 0 Å². The summed E-state index contributed by atoms with van der Waals surface area (Å²) in [5.74, 6) is 2.53. The standard InChI is InChI=1S/C15H21N/c1-3-16-15-10(2)14-12-7-5-4-6-11(12)8-9-13(14)15/h4-7,10,13-16H,3,8-9H2,1-2H3. The molecule has 0 bridgehead atoms. The van der Waals surface area contributed by atoms with Crippen molar-refractivity contribution in [1.82, 2.24) is 5.32 Å². The summed E-state index contributed by atoms with van der Waals surface area (Å²) in [4.78, 5) is 0. The molecule has 2 aliphatic rings. The molecule has 3 rings (SSSR count). The Hall–Kier alpha value is -0.820. The van der Waals surface area contributed by atoms with Crippen LogP contribution in [0.25, 0.3) is 0 Å². The lowest BCUT2D eigenvalue weighted by molar-refractivity contribution is 0.0675. The topological polar surface area (TPSA) is 12.0 Å². The fourth-order valence-electron chi connectivity index (χ4n) is 3.94. The van der Waals surface area contributed by atoms with Gasteiger partial charge in [0.15, 0.2) is 0 Å². The predicted octanol–water partition coefficient (Wildman–Crippen LogP) is 2.96. The maximum atomic E-state index is 3.66. The highest BCUT2D eigenvalue weighted by molar-refractivity contribution is 5.37. The third-order valence-corrected chi connectivity index (χ3v) is 4.66. The van der Waals surface area contributed by atoms with E-state index < -0.39 is 0 Å². The van der Waals surface area contributed by atoms with Crippen molar-refractivity contribution >= 4 is 0 Å². The molecule has 1 N–H and O–H groups in total. The van der Waals surface area contributed by atoms with Gasteiger partial charge in [-0.1, -0.05) is 38.1 Å². The van der Waals surface area contributed by atoms with Crippen molar-refractivity contribution in [2.45, 2.75) is 38.6 Å². The van der Waals surface area contributed by atoms with Crippen LogP contribution < -0.4 is 5.32 Å². The maximum Gasteiger partial charge on any atom is 0.0133 e. The second-order valence-electron chi connectivity index (χ2n) is 5.37. The van der Waals surface area contributed by atoms with E-state index in [9.17, 15) is 0 Å². The lowest BCUT2D eigenvalue weighted by Crippen LogP contribution is -2.57. The largest absolute Gasteiger partial charge is 0.314 e.